The van der Waals surface area contributed by atoms with Gasteiger partial charge in [0, 0.05) is 0 Å². The summed E-state index contributed by atoms with van der Waals surface area (Å²) in [6, 6.07) is 0. The Hall–Kier alpha value is -1.59. The van der Waals surface area contributed by atoms with Crippen molar-refractivity contribution in [3.8, 4) is 0 Å². The highest BCUT2D eigenvalue weighted by Gasteiger charge is 2.35. The van der Waals surface area contributed by atoms with Gasteiger partial charge in [-0.2, -0.15) is 0 Å². The van der Waals surface area contributed by atoms with Crippen LogP contribution in [0.3, 0.4) is 0 Å². The topological polar surface area (TPSA) is 74.2 Å². The number of carbonyl (C=O) groups is 2. The second kappa shape index (κ2) is 5.84. The van der Waals surface area contributed by atoms with Crippen molar-refractivity contribution in [3.05, 3.63) is 0 Å². The Morgan fingerprint density at radius 3 is 1.94 bits per heavy atom. The normalized spacial score (nSPS) is 12.9. The van der Waals surface area contributed by atoms with Crippen molar-refractivity contribution in [2.75, 3.05) is 7.11 Å². The van der Waals surface area contributed by atoms with Gasteiger partial charge in [-0.05, 0) is 41.5 Å². The molecule has 0 bridgehead atoms. The lowest BCUT2D eigenvalue weighted by Gasteiger charge is -2.26. The molecule has 0 unspecified atom stereocenters. The van der Waals surface area contributed by atoms with Crippen LogP contribution in [0.25, 0.3) is 0 Å². The largest absolute Gasteiger partial charge is 0.464 e. The smallest absolute Gasteiger partial charge is 0.355 e. The van der Waals surface area contributed by atoms with Gasteiger partial charge in [0.15, 0.2) is 5.71 Å². The predicted molar refractivity (Wildman–Crippen MR) is 66.1 cm³/mol. The van der Waals surface area contributed by atoms with Crippen LogP contribution in [0, 0.1) is 0 Å². The predicted octanol–water partition coefficient (Wildman–Crippen LogP) is 1.67. The molecule has 0 aliphatic carbocycles. The van der Waals surface area contributed by atoms with Crippen LogP contribution in [0.4, 0.5) is 0 Å². The average molecular weight is 259 g/mol. The third-order valence-electron chi connectivity index (χ3n) is 1.78. The number of methoxy groups -OCH3 is 1. The molecule has 0 heterocycles. The van der Waals surface area contributed by atoms with E-state index in [1.807, 2.05) is 0 Å². The standard InChI is InChI=1S/C12H21NO5/c1-8(9(14)16-7)13-18-12(5,6)10(15)17-11(2,3)4/h1-7H3/b13-8+. The van der Waals surface area contributed by atoms with Crippen molar-refractivity contribution in [1.29, 1.82) is 0 Å². The molecule has 104 valence electrons. The van der Waals surface area contributed by atoms with Crippen molar-refractivity contribution in [3.63, 3.8) is 0 Å². The molecule has 0 aliphatic heterocycles. The van der Waals surface area contributed by atoms with Gasteiger partial charge in [0.05, 0.1) is 7.11 Å². The molecule has 18 heavy (non-hydrogen) atoms. The summed E-state index contributed by atoms with van der Waals surface area (Å²) in [4.78, 5) is 27.9. The molecule has 0 radical (unpaired) electrons. The fourth-order valence-corrected chi connectivity index (χ4v) is 0.806. The van der Waals surface area contributed by atoms with Crippen LogP contribution in [0.5, 0.6) is 0 Å². The van der Waals surface area contributed by atoms with Crippen molar-refractivity contribution >= 4 is 17.7 Å². The zero-order chi connectivity index (χ0) is 14.6. The number of oxime groups is 1. The Balaban J connectivity index is 4.66. The molecule has 0 aromatic heterocycles. The van der Waals surface area contributed by atoms with E-state index in [-0.39, 0.29) is 5.71 Å². The Bertz CT molecular complexity index is 352. The van der Waals surface area contributed by atoms with Crippen LogP contribution in [0.2, 0.25) is 0 Å². The summed E-state index contributed by atoms with van der Waals surface area (Å²) in [5.41, 5.74) is -1.87. The van der Waals surface area contributed by atoms with Crippen molar-refractivity contribution < 1.29 is 23.9 Å². The lowest BCUT2D eigenvalue weighted by Crippen LogP contribution is -2.40. The van der Waals surface area contributed by atoms with E-state index >= 15 is 0 Å². The first kappa shape index (κ1) is 16.4. The minimum absolute atomic E-state index is 0.0223. The molecule has 0 rings (SSSR count). The van der Waals surface area contributed by atoms with Crippen LogP contribution in [-0.4, -0.2) is 36.0 Å². The first-order chi connectivity index (χ1) is 7.99. The van der Waals surface area contributed by atoms with E-state index in [2.05, 4.69) is 9.89 Å². The van der Waals surface area contributed by atoms with Crippen molar-refractivity contribution in [2.45, 2.75) is 52.7 Å². The van der Waals surface area contributed by atoms with Gasteiger partial charge in [-0.1, -0.05) is 5.16 Å². The molecule has 0 spiro atoms. The van der Waals surface area contributed by atoms with Crippen molar-refractivity contribution in [2.24, 2.45) is 5.16 Å². The van der Waals surface area contributed by atoms with Gasteiger partial charge in [0.25, 0.3) is 0 Å². The molecule has 0 aliphatic rings. The van der Waals surface area contributed by atoms with E-state index in [1.54, 1.807) is 20.8 Å². The molecule has 0 saturated heterocycles. The van der Waals surface area contributed by atoms with Gasteiger partial charge in [-0.15, -0.1) is 0 Å². The number of ether oxygens (including phenoxy) is 2. The van der Waals surface area contributed by atoms with Gasteiger partial charge in [0.1, 0.15) is 5.60 Å². The summed E-state index contributed by atoms with van der Waals surface area (Å²) in [7, 11) is 1.24. The fourth-order valence-electron chi connectivity index (χ4n) is 0.806. The van der Waals surface area contributed by atoms with E-state index in [4.69, 9.17) is 9.57 Å². The summed E-state index contributed by atoms with van der Waals surface area (Å²) in [6.07, 6.45) is 0. The summed E-state index contributed by atoms with van der Waals surface area (Å²) in [5.74, 6) is -1.17. The van der Waals surface area contributed by atoms with Gasteiger partial charge in [0.2, 0.25) is 5.60 Å². The fraction of sp³-hybridized carbons (Fsp3) is 0.750. The summed E-state index contributed by atoms with van der Waals surface area (Å²) < 4.78 is 9.62. The maximum atomic E-state index is 11.8. The van der Waals surface area contributed by atoms with E-state index in [0.717, 1.165) is 0 Å². The summed E-state index contributed by atoms with van der Waals surface area (Å²) >= 11 is 0. The first-order valence-electron chi connectivity index (χ1n) is 5.54. The van der Waals surface area contributed by atoms with Gasteiger partial charge >= 0.3 is 11.9 Å². The highest BCUT2D eigenvalue weighted by molar-refractivity contribution is 6.35. The number of carbonyl (C=O) groups excluding carboxylic acids is 2. The molecule has 0 fully saturated rings. The summed E-state index contributed by atoms with van der Waals surface area (Å²) in [5, 5.41) is 3.56. The maximum Gasteiger partial charge on any atom is 0.355 e. The zero-order valence-electron chi connectivity index (χ0n) is 12.0. The Kier molecular flexibility index (Phi) is 5.32. The molecular formula is C12H21NO5. The molecule has 0 N–H and O–H groups in total. The van der Waals surface area contributed by atoms with E-state index in [1.165, 1.54) is 27.9 Å². The third kappa shape index (κ3) is 5.65. The van der Waals surface area contributed by atoms with Crippen molar-refractivity contribution in [1.82, 2.24) is 0 Å². The Labute approximate surface area is 107 Å². The van der Waals surface area contributed by atoms with Gasteiger partial charge < -0.3 is 14.3 Å². The molecule has 0 aromatic rings. The Morgan fingerprint density at radius 1 is 1.06 bits per heavy atom. The maximum absolute atomic E-state index is 11.8. The number of hydrogen-bond acceptors (Lipinski definition) is 6. The molecule has 6 nitrogen and oxygen atoms in total. The van der Waals surface area contributed by atoms with Gasteiger partial charge in [-0.25, -0.2) is 9.59 Å². The molecule has 0 saturated carbocycles. The van der Waals surface area contributed by atoms with Gasteiger partial charge in [-0.3, -0.25) is 0 Å². The number of nitrogens with zero attached hydrogens (tertiary/aromatic N) is 1. The highest BCUT2D eigenvalue weighted by Crippen LogP contribution is 2.17. The second-order valence-electron chi connectivity index (χ2n) is 5.27. The number of esters is 2. The minimum atomic E-state index is -1.28. The van der Waals surface area contributed by atoms with Crippen LogP contribution in [0.15, 0.2) is 5.16 Å². The quantitative estimate of drug-likeness (QED) is 0.436. The monoisotopic (exact) mass is 259 g/mol. The molecular weight excluding hydrogens is 238 g/mol. The average Bonchev–Trinajstić information content (AvgIpc) is 2.22. The van der Waals surface area contributed by atoms with Crippen LogP contribution < -0.4 is 0 Å². The van der Waals surface area contributed by atoms with E-state index in [9.17, 15) is 9.59 Å². The summed E-state index contributed by atoms with van der Waals surface area (Å²) in [6.45, 7) is 9.71. The SMILES string of the molecule is COC(=O)/C(C)=N/OC(C)(C)C(=O)OC(C)(C)C. The Morgan fingerprint density at radius 2 is 1.56 bits per heavy atom. The number of hydrogen-bond donors (Lipinski definition) is 0. The highest BCUT2D eigenvalue weighted by atomic mass is 16.7. The van der Waals surface area contributed by atoms with E-state index < -0.39 is 23.1 Å². The molecule has 0 amide bonds. The van der Waals surface area contributed by atoms with E-state index in [0.29, 0.717) is 0 Å². The zero-order valence-corrected chi connectivity index (χ0v) is 12.0. The minimum Gasteiger partial charge on any atom is -0.464 e. The van der Waals surface area contributed by atoms with Crippen LogP contribution in [-0.2, 0) is 23.9 Å². The molecule has 0 atom stereocenters. The second-order valence-corrected chi connectivity index (χ2v) is 5.27. The lowest BCUT2D eigenvalue weighted by atomic mass is 10.1. The van der Waals surface area contributed by atoms with Crippen LogP contribution >= 0.6 is 0 Å². The number of rotatable bonds is 4. The van der Waals surface area contributed by atoms with Crippen LogP contribution in [0.1, 0.15) is 41.5 Å². The molecule has 0 aromatic carbocycles. The lowest BCUT2D eigenvalue weighted by molar-refractivity contribution is -0.179. The molecule has 6 heteroatoms. The third-order valence-corrected chi connectivity index (χ3v) is 1.78. The first-order valence-corrected chi connectivity index (χ1v) is 5.54.